The summed E-state index contributed by atoms with van der Waals surface area (Å²) in [4.78, 5) is 45.7. The summed E-state index contributed by atoms with van der Waals surface area (Å²) in [7, 11) is 1.24. The van der Waals surface area contributed by atoms with E-state index in [-0.39, 0.29) is 31.5 Å². The molecule has 0 bridgehead atoms. The highest BCUT2D eigenvalue weighted by Crippen LogP contribution is 2.41. The number of aliphatic hydroxyl groups is 1. The second-order valence-electron chi connectivity index (χ2n) is 8.80. The number of halogens is 1. The molecule has 9 nitrogen and oxygen atoms in total. The van der Waals surface area contributed by atoms with Crippen LogP contribution in [0.3, 0.4) is 0 Å². The molecule has 1 saturated carbocycles. The lowest BCUT2D eigenvalue weighted by Crippen LogP contribution is -2.56. The van der Waals surface area contributed by atoms with Crippen molar-refractivity contribution in [3.8, 4) is 0 Å². The van der Waals surface area contributed by atoms with Crippen LogP contribution in [0.15, 0.2) is 6.20 Å². The van der Waals surface area contributed by atoms with E-state index in [0.29, 0.717) is 5.82 Å². The van der Waals surface area contributed by atoms with Crippen LogP contribution in [-0.2, 0) is 14.3 Å². The highest BCUT2D eigenvalue weighted by atomic mass is 19.1. The number of ether oxygens (including phenoxy) is 1. The zero-order valence-electron chi connectivity index (χ0n) is 17.0. The first-order valence-corrected chi connectivity index (χ1v) is 9.58. The minimum absolute atomic E-state index is 0.0426. The monoisotopic (exact) mass is 410 g/mol. The van der Waals surface area contributed by atoms with Gasteiger partial charge < -0.3 is 25.0 Å². The minimum Gasteiger partial charge on any atom is -0.464 e. The number of rotatable bonds is 5. The van der Waals surface area contributed by atoms with Gasteiger partial charge in [0.15, 0.2) is 11.4 Å². The lowest BCUT2D eigenvalue weighted by Gasteiger charge is -2.35. The van der Waals surface area contributed by atoms with E-state index in [1.54, 1.807) is 20.8 Å². The molecular weight excluding hydrogens is 383 g/mol. The first kappa shape index (κ1) is 21.2. The Labute approximate surface area is 168 Å². The number of carbonyl (C=O) groups excluding carboxylic acids is 3. The Morgan fingerprint density at radius 2 is 2.07 bits per heavy atom. The maximum Gasteiger partial charge on any atom is 0.358 e. The van der Waals surface area contributed by atoms with Gasteiger partial charge in [0.1, 0.15) is 11.9 Å². The van der Waals surface area contributed by atoms with E-state index in [9.17, 15) is 23.9 Å². The van der Waals surface area contributed by atoms with Crippen molar-refractivity contribution >= 4 is 17.8 Å². The molecule has 10 heteroatoms. The van der Waals surface area contributed by atoms with Crippen LogP contribution in [0.25, 0.3) is 0 Å². The molecule has 0 aromatic carbocycles. The Kier molecular flexibility index (Phi) is 5.42. The van der Waals surface area contributed by atoms with Crippen molar-refractivity contribution in [2.24, 2.45) is 5.41 Å². The van der Waals surface area contributed by atoms with Crippen LogP contribution in [0.4, 0.5) is 4.39 Å². The first-order valence-electron chi connectivity index (χ1n) is 9.58. The molecule has 1 aliphatic heterocycles. The highest BCUT2D eigenvalue weighted by molar-refractivity contribution is 5.93. The second kappa shape index (κ2) is 7.40. The number of nitrogens with one attached hydrogen (secondary N) is 2. The number of H-pyrrole nitrogens is 1. The van der Waals surface area contributed by atoms with Crippen LogP contribution in [0, 0.1) is 5.41 Å². The number of aromatic nitrogens is 2. The number of hydrogen-bond donors (Lipinski definition) is 3. The smallest absolute Gasteiger partial charge is 0.358 e. The Morgan fingerprint density at radius 1 is 1.41 bits per heavy atom. The molecule has 0 unspecified atom stereocenters. The molecule has 1 saturated heterocycles. The number of methoxy groups -OCH3 is 1. The molecule has 3 N–H and O–H groups in total. The van der Waals surface area contributed by atoms with Crippen molar-refractivity contribution < 1.29 is 28.6 Å². The summed E-state index contributed by atoms with van der Waals surface area (Å²) in [6.45, 7) is 5.37. The maximum absolute atomic E-state index is 14.2. The van der Waals surface area contributed by atoms with Gasteiger partial charge >= 0.3 is 5.97 Å². The molecule has 3 atom stereocenters. The third kappa shape index (κ3) is 4.26. The third-order valence-corrected chi connectivity index (χ3v) is 5.35. The van der Waals surface area contributed by atoms with Gasteiger partial charge in [0.05, 0.1) is 19.3 Å². The maximum atomic E-state index is 14.2. The van der Waals surface area contributed by atoms with Crippen LogP contribution in [0.2, 0.25) is 0 Å². The number of nitrogens with zero attached hydrogens (tertiary/aromatic N) is 2. The van der Waals surface area contributed by atoms with E-state index in [4.69, 9.17) is 0 Å². The molecule has 2 aliphatic rings. The molecule has 0 radical (unpaired) electrons. The molecule has 3 rings (SSSR count). The highest BCUT2D eigenvalue weighted by Gasteiger charge is 2.53. The fourth-order valence-corrected chi connectivity index (χ4v) is 3.44. The fraction of sp³-hybridized carbons (Fsp3) is 0.684. The number of aromatic amines is 1. The lowest BCUT2D eigenvalue weighted by molar-refractivity contribution is -0.142. The Morgan fingerprint density at radius 3 is 2.62 bits per heavy atom. The van der Waals surface area contributed by atoms with Crippen LogP contribution in [-0.4, -0.2) is 69.2 Å². The Bertz CT molecular complexity index is 814. The van der Waals surface area contributed by atoms with Gasteiger partial charge in [-0.25, -0.2) is 14.2 Å². The van der Waals surface area contributed by atoms with E-state index in [1.165, 1.54) is 18.2 Å². The quantitative estimate of drug-likeness (QED) is 0.619. The predicted octanol–water partition coefficient (Wildman–Crippen LogP) is 0.864. The molecule has 29 heavy (non-hydrogen) atoms. The number of hydrogen-bond acceptors (Lipinski definition) is 6. The van der Waals surface area contributed by atoms with Gasteiger partial charge in [0.2, 0.25) is 5.91 Å². The number of alkyl halides is 1. The molecule has 2 heterocycles. The van der Waals surface area contributed by atoms with Gasteiger partial charge in [-0.2, -0.15) is 0 Å². The number of carbonyl (C=O) groups is 3. The number of aliphatic hydroxyl groups excluding tert-OH is 1. The second-order valence-corrected chi connectivity index (χ2v) is 8.80. The summed E-state index contributed by atoms with van der Waals surface area (Å²) in [6, 6.07) is -1.59. The van der Waals surface area contributed by atoms with E-state index in [0.717, 1.165) is 0 Å². The number of amides is 2. The van der Waals surface area contributed by atoms with E-state index < -0.39 is 47.1 Å². The van der Waals surface area contributed by atoms with E-state index in [2.05, 4.69) is 20.0 Å². The summed E-state index contributed by atoms with van der Waals surface area (Å²) >= 11 is 0. The van der Waals surface area contributed by atoms with Crippen molar-refractivity contribution in [2.45, 2.75) is 63.9 Å². The summed E-state index contributed by atoms with van der Waals surface area (Å²) in [5, 5.41) is 12.7. The molecule has 0 spiro atoms. The van der Waals surface area contributed by atoms with Crippen molar-refractivity contribution in [3.63, 3.8) is 0 Å². The minimum atomic E-state index is -1.90. The predicted molar refractivity (Wildman–Crippen MR) is 99.5 cm³/mol. The fourth-order valence-electron chi connectivity index (χ4n) is 3.44. The summed E-state index contributed by atoms with van der Waals surface area (Å²) < 4.78 is 18.8. The van der Waals surface area contributed by atoms with E-state index >= 15 is 0 Å². The van der Waals surface area contributed by atoms with Gasteiger partial charge in [-0.15, -0.1) is 0 Å². The van der Waals surface area contributed by atoms with Crippen LogP contribution >= 0.6 is 0 Å². The third-order valence-electron chi connectivity index (χ3n) is 5.35. The van der Waals surface area contributed by atoms with Crippen LogP contribution < -0.4 is 5.32 Å². The number of β-amino-alcohol motifs (C(OH)–C–C–N with tert-alkyl or cyclic N) is 1. The number of imidazole rings is 1. The van der Waals surface area contributed by atoms with Gasteiger partial charge in [-0.05, 0) is 18.3 Å². The summed E-state index contributed by atoms with van der Waals surface area (Å²) in [5.41, 5.74) is -2.52. The molecule has 160 valence electrons. The number of esters is 1. The van der Waals surface area contributed by atoms with Crippen molar-refractivity contribution in [1.82, 2.24) is 20.2 Å². The zero-order valence-corrected chi connectivity index (χ0v) is 17.0. The van der Waals surface area contributed by atoms with Gasteiger partial charge in [0, 0.05) is 19.2 Å². The van der Waals surface area contributed by atoms with Crippen molar-refractivity contribution in [2.75, 3.05) is 13.7 Å². The van der Waals surface area contributed by atoms with Crippen LogP contribution in [0.5, 0.6) is 0 Å². The molecule has 2 fully saturated rings. The molecule has 1 aliphatic carbocycles. The molecular formula is C19H27FN4O5. The Hall–Kier alpha value is -2.49. The Balaban J connectivity index is 1.84. The average molecular weight is 410 g/mol. The molecule has 1 aromatic rings. The summed E-state index contributed by atoms with van der Waals surface area (Å²) in [5.74, 6) is -1.51. The van der Waals surface area contributed by atoms with Gasteiger partial charge in [-0.1, -0.05) is 20.8 Å². The first-order chi connectivity index (χ1) is 13.5. The zero-order chi connectivity index (χ0) is 21.6. The SMILES string of the molecule is COC(=O)c1c[nH]c([C@@H]2C[C@@H](O)CN2C(=O)[C@@H](NC(=O)C2(F)CC2)C(C)(C)C)n1. The van der Waals surface area contributed by atoms with Gasteiger partial charge in [0.25, 0.3) is 5.91 Å². The van der Waals surface area contributed by atoms with Gasteiger partial charge in [-0.3, -0.25) is 9.59 Å². The van der Waals surface area contributed by atoms with Crippen molar-refractivity contribution in [3.05, 3.63) is 17.7 Å². The largest absolute Gasteiger partial charge is 0.464 e. The summed E-state index contributed by atoms with van der Waals surface area (Å²) in [6.07, 6.45) is 1.10. The normalized spacial score (nSPS) is 24.1. The molecule has 2 amide bonds. The average Bonchev–Trinajstić information content (AvgIpc) is 3.07. The van der Waals surface area contributed by atoms with E-state index in [1.807, 2.05) is 0 Å². The van der Waals surface area contributed by atoms with Crippen LogP contribution in [0.1, 0.15) is 62.4 Å². The topological polar surface area (TPSA) is 125 Å². The molecule has 1 aromatic heterocycles. The lowest BCUT2D eigenvalue weighted by atomic mass is 9.85. The van der Waals surface area contributed by atoms with Crippen molar-refractivity contribution in [1.29, 1.82) is 0 Å². The standard InChI is InChI=1S/C19H27FN4O5/c1-18(2,3)13(23-17(28)19(20)5-6-19)15(26)24-9-10(25)7-12(24)14-21-8-11(22-14)16(27)29-4/h8,10,12-13,25H,5-7,9H2,1-4H3,(H,21,22)(H,23,28)/t10-,12+,13-/m1/s1. The number of likely N-dealkylation sites (tertiary alicyclic amines) is 1.